The van der Waals surface area contributed by atoms with Crippen LogP contribution < -0.4 is 0 Å². The van der Waals surface area contributed by atoms with E-state index in [1.54, 1.807) is 6.08 Å². The molecule has 0 radical (unpaired) electrons. The van der Waals surface area contributed by atoms with E-state index in [1.807, 2.05) is 47.6 Å². The second kappa shape index (κ2) is 16.2. The molecule has 0 aromatic rings. The van der Waals surface area contributed by atoms with E-state index in [2.05, 4.69) is 44.7 Å². The van der Waals surface area contributed by atoms with Crippen LogP contribution in [0.5, 0.6) is 0 Å². The van der Waals surface area contributed by atoms with Gasteiger partial charge in [-0.3, -0.25) is 0 Å². The highest BCUT2D eigenvalue weighted by molar-refractivity contribution is 5.38. The minimum absolute atomic E-state index is 0.398. The Hall–Kier alpha value is -1.70. The van der Waals surface area contributed by atoms with E-state index >= 15 is 0 Å². The molecule has 2 heteroatoms. The zero-order valence-corrected chi connectivity index (χ0v) is 17.1. The molecular formula is C22H38O2. The Morgan fingerprint density at radius 3 is 1.96 bits per heavy atom. The number of hydrogen-bond acceptors (Lipinski definition) is 2. The van der Waals surface area contributed by atoms with Crippen molar-refractivity contribution in [2.75, 3.05) is 13.2 Å². The SMILES string of the molecule is C=CC1=C(/C=C2/C=CC=C[C@@H]2C)OCC(C)CO1.CC.CC.CC. The summed E-state index contributed by atoms with van der Waals surface area (Å²) in [4.78, 5) is 0. The van der Waals surface area contributed by atoms with E-state index in [0.29, 0.717) is 25.0 Å². The molecule has 0 spiro atoms. The normalized spacial score (nSPS) is 23.1. The molecule has 0 fully saturated rings. The molecule has 138 valence electrons. The Morgan fingerprint density at radius 1 is 0.917 bits per heavy atom. The Kier molecular flexibility index (Phi) is 16.5. The molecule has 0 aromatic carbocycles. The maximum atomic E-state index is 5.82. The van der Waals surface area contributed by atoms with Crippen molar-refractivity contribution in [3.05, 3.63) is 60.1 Å². The predicted molar refractivity (Wildman–Crippen MR) is 108 cm³/mol. The standard InChI is InChI=1S/C16H20O2.3C2H6/c1-4-15-16(18-11-12(2)10-17-15)9-14-8-6-5-7-13(14)3;3*1-2/h4-9,12-13H,1,10-11H2,2-3H3;3*1-2H3/b14-9-;;;/t12?,13-;;;/m0.../s1. The average Bonchev–Trinajstić information content (AvgIpc) is 2.83. The summed E-state index contributed by atoms with van der Waals surface area (Å²) in [5.41, 5.74) is 1.23. The maximum Gasteiger partial charge on any atom is 0.161 e. The summed E-state index contributed by atoms with van der Waals surface area (Å²) in [6.07, 6.45) is 12.2. The fourth-order valence-corrected chi connectivity index (χ4v) is 1.92. The minimum atomic E-state index is 0.398. The Bertz CT molecular complexity index is 439. The summed E-state index contributed by atoms with van der Waals surface area (Å²) in [6, 6.07) is 0. The lowest BCUT2D eigenvalue weighted by atomic mass is 9.96. The van der Waals surface area contributed by atoms with E-state index in [0.717, 1.165) is 11.5 Å². The van der Waals surface area contributed by atoms with Gasteiger partial charge in [0.15, 0.2) is 11.5 Å². The van der Waals surface area contributed by atoms with Crippen LogP contribution in [-0.4, -0.2) is 13.2 Å². The summed E-state index contributed by atoms with van der Waals surface area (Å²) in [5.74, 6) is 2.33. The lowest BCUT2D eigenvalue weighted by Crippen LogP contribution is -2.07. The maximum absolute atomic E-state index is 5.82. The predicted octanol–water partition coefficient (Wildman–Crippen LogP) is 6.83. The van der Waals surface area contributed by atoms with Crippen molar-refractivity contribution in [2.24, 2.45) is 11.8 Å². The zero-order valence-electron chi connectivity index (χ0n) is 17.1. The fourth-order valence-electron chi connectivity index (χ4n) is 1.92. The third-order valence-corrected chi connectivity index (χ3v) is 3.10. The first-order valence-electron chi connectivity index (χ1n) is 9.39. The molecule has 1 heterocycles. The average molecular weight is 335 g/mol. The van der Waals surface area contributed by atoms with Crippen molar-refractivity contribution >= 4 is 0 Å². The van der Waals surface area contributed by atoms with Gasteiger partial charge < -0.3 is 9.47 Å². The summed E-state index contributed by atoms with van der Waals surface area (Å²) in [5, 5.41) is 0. The molecule has 0 aromatic heterocycles. The van der Waals surface area contributed by atoms with Gasteiger partial charge in [-0.25, -0.2) is 0 Å². The molecule has 2 rings (SSSR count). The molecule has 0 bridgehead atoms. The summed E-state index contributed by atoms with van der Waals surface area (Å²) >= 11 is 0. The highest BCUT2D eigenvalue weighted by Gasteiger charge is 2.16. The largest absolute Gasteiger partial charge is 0.489 e. The lowest BCUT2D eigenvalue weighted by molar-refractivity contribution is 0.158. The van der Waals surface area contributed by atoms with Gasteiger partial charge in [0.1, 0.15) is 0 Å². The van der Waals surface area contributed by atoms with Crippen LogP contribution >= 0.6 is 0 Å². The van der Waals surface area contributed by atoms with Gasteiger partial charge >= 0.3 is 0 Å². The van der Waals surface area contributed by atoms with Crippen LogP contribution in [0.2, 0.25) is 0 Å². The van der Waals surface area contributed by atoms with Crippen molar-refractivity contribution < 1.29 is 9.47 Å². The molecule has 2 nitrogen and oxygen atoms in total. The van der Waals surface area contributed by atoms with Crippen LogP contribution in [0.3, 0.4) is 0 Å². The number of rotatable bonds is 2. The van der Waals surface area contributed by atoms with Crippen molar-refractivity contribution in [3.8, 4) is 0 Å². The highest BCUT2D eigenvalue weighted by Crippen LogP contribution is 2.24. The van der Waals surface area contributed by atoms with Gasteiger partial charge in [0.2, 0.25) is 0 Å². The van der Waals surface area contributed by atoms with Gasteiger partial charge in [0.05, 0.1) is 13.2 Å². The fraction of sp³-hybridized carbons (Fsp3) is 0.545. The van der Waals surface area contributed by atoms with Gasteiger partial charge in [-0.15, -0.1) is 0 Å². The first kappa shape index (κ1) is 24.6. The van der Waals surface area contributed by atoms with Crippen LogP contribution in [0.15, 0.2) is 60.1 Å². The molecule has 1 aliphatic carbocycles. The molecule has 1 unspecified atom stereocenters. The van der Waals surface area contributed by atoms with Crippen molar-refractivity contribution in [3.63, 3.8) is 0 Å². The molecule has 2 atom stereocenters. The molecule has 24 heavy (non-hydrogen) atoms. The van der Waals surface area contributed by atoms with Gasteiger partial charge in [-0.1, -0.05) is 86.3 Å². The molecule has 1 aliphatic heterocycles. The topological polar surface area (TPSA) is 18.5 Å². The van der Waals surface area contributed by atoms with E-state index in [9.17, 15) is 0 Å². The second-order valence-electron chi connectivity index (χ2n) is 4.84. The van der Waals surface area contributed by atoms with E-state index in [-0.39, 0.29) is 0 Å². The van der Waals surface area contributed by atoms with Crippen LogP contribution in [0.25, 0.3) is 0 Å². The summed E-state index contributed by atoms with van der Waals surface area (Å²) in [7, 11) is 0. The molecular weight excluding hydrogens is 296 g/mol. The summed E-state index contributed by atoms with van der Waals surface area (Å²) < 4.78 is 11.5. The smallest absolute Gasteiger partial charge is 0.161 e. The van der Waals surface area contributed by atoms with Gasteiger partial charge in [0.25, 0.3) is 0 Å². The summed E-state index contributed by atoms with van der Waals surface area (Å²) in [6.45, 7) is 21.4. The van der Waals surface area contributed by atoms with Gasteiger partial charge in [-0.05, 0) is 23.6 Å². The number of ether oxygens (including phenoxy) is 2. The lowest BCUT2D eigenvalue weighted by Gasteiger charge is -2.13. The molecule has 0 saturated carbocycles. The van der Waals surface area contributed by atoms with Gasteiger partial charge in [0, 0.05) is 5.92 Å². The molecule has 2 aliphatic rings. The van der Waals surface area contributed by atoms with E-state index in [4.69, 9.17) is 9.47 Å². The quantitative estimate of drug-likeness (QED) is 0.550. The molecule has 0 amide bonds. The first-order valence-corrected chi connectivity index (χ1v) is 9.39. The highest BCUT2D eigenvalue weighted by atomic mass is 16.5. The Morgan fingerprint density at radius 2 is 1.46 bits per heavy atom. The number of hydrogen-bond donors (Lipinski definition) is 0. The van der Waals surface area contributed by atoms with Crippen molar-refractivity contribution in [1.82, 2.24) is 0 Å². The molecule has 0 N–H and O–H groups in total. The van der Waals surface area contributed by atoms with Crippen molar-refractivity contribution in [1.29, 1.82) is 0 Å². The Labute approximate surface area is 150 Å². The second-order valence-corrected chi connectivity index (χ2v) is 4.84. The van der Waals surface area contributed by atoms with Crippen LogP contribution in [0, 0.1) is 11.8 Å². The molecule has 0 saturated heterocycles. The first-order chi connectivity index (χ1) is 11.7. The minimum Gasteiger partial charge on any atom is -0.489 e. The third-order valence-electron chi connectivity index (χ3n) is 3.10. The van der Waals surface area contributed by atoms with Crippen LogP contribution in [0.4, 0.5) is 0 Å². The monoisotopic (exact) mass is 334 g/mol. The van der Waals surface area contributed by atoms with Crippen LogP contribution in [0.1, 0.15) is 55.4 Å². The number of allylic oxidation sites excluding steroid dienone is 7. The van der Waals surface area contributed by atoms with Crippen LogP contribution in [-0.2, 0) is 9.47 Å². The van der Waals surface area contributed by atoms with E-state index in [1.165, 1.54) is 5.57 Å². The zero-order chi connectivity index (χ0) is 19.0. The van der Waals surface area contributed by atoms with Gasteiger partial charge in [-0.2, -0.15) is 0 Å². The third kappa shape index (κ3) is 8.81. The van der Waals surface area contributed by atoms with Crippen molar-refractivity contribution in [2.45, 2.75) is 55.4 Å². The Balaban J connectivity index is 0. The van der Waals surface area contributed by atoms with E-state index < -0.39 is 0 Å².